The number of carboxylic acids is 1. The summed E-state index contributed by atoms with van der Waals surface area (Å²) in [6.45, 7) is 0.360. The highest BCUT2D eigenvalue weighted by Gasteiger charge is 2.12. The van der Waals surface area contributed by atoms with Crippen LogP contribution in [0.4, 0.5) is 5.69 Å². The number of hydrogen-bond donors (Lipinski definition) is 3. The van der Waals surface area contributed by atoms with E-state index >= 15 is 0 Å². The van der Waals surface area contributed by atoms with Crippen LogP contribution in [-0.4, -0.2) is 39.3 Å². The standard InChI is InChI=1S/C20H25N3O5S/c1-23(29(26)27)17-13-16(14-6-8-15(9-7-14)20(21)22)10-11-18(17)28-12-4-2-3-5-19(24)25/h6-11,13H,2-5,12H2,1H3,(H3,21,22)(H,24,25)(H,26,27)/p-1. The van der Waals surface area contributed by atoms with Crippen LogP contribution in [-0.2, 0) is 16.1 Å². The van der Waals surface area contributed by atoms with Gasteiger partial charge >= 0.3 is 5.97 Å². The minimum atomic E-state index is -2.47. The lowest BCUT2D eigenvalue weighted by Gasteiger charge is -2.24. The van der Waals surface area contributed by atoms with E-state index in [2.05, 4.69) is 0 Å². The highest BCUT2D eigenvalue weighted by atomic mass is 32.2. The molecule has 0 radical (unpaired) electrons. The molecule has 2 aromatic rings. The average molecular weight is 418 g/mol. The maximum absolute atomic E-state index is 11.5. The van der Waals surface area contributed by atoms with Crippen LogP contribution in [0.25, 0.3) is 11.1 Å². The maximum atomic E-state index is 11.5. The summed E-state index contributed by atoms with van der Waals surface area (Å²) in [7, 11) is 1.43. The van der Waals surface area contributed by atoms with Gasteiger partial charge in [-0.2, -0.15) is 0 Å². The van der Waals surface area contributed by atoms with Crippen molar-refractivity contribution in [3.05, 3.63) is 48.0 Å². The number of anilines is 1. The Hall–Kier alpha value is -2.91. The summed E-state index contributed by atoms with van der Waals surface area (Å²) >= 11 is -2.47. The average Bonchev–Trinajstić information content (AvgIpc) is 2.69. The molecule has 2 aromatic carbocycles. The predicted octanol–water partition coefficient (Wildman–Crippen LogP) is 2.89. The Balaban J connectivity index is 2.16. The summed E-state index contributed by atoms with van der Waals surface area (Å²) in [6.07, 6.45) is 2.09. The van der Waals surface area contributed by atoms with Crippen molar-refractivity contribution >= 4 is 28.8 Å². The topological polar surface area (TPSA) is 140 Å². The van der Waals surface area contributed by atoms with Crippen molar-refractivity contribution in [3.63, 3.8) is 0 Å². The van der Waals surface area contributed by atoms with Gasteiger partial charge in [-0.05, 0) is 42.5 Å². The number of carboxylic acid groups (broad SMARTS) is 1. The van der Waals surface area contributed by atoms with Gasteiger partial charge in [0.15, 0.2) is 0 Å². The molecular weight excluding hydrogens is 394 g/mol. The lowest BCUT2D eigenvalue weighted by atomic mass is 10.0. The van der Waals surface area contributed by atoms with E-state index in [0.29, 0.717) is 42.9 Å². The van der Waals surface area contributed by atoms with Crippen LogP contribution in [0.1, 0.15) is 31.2 Å². The molecule has 0 amide bonds. The van der Waals surface area contributed by atoms with Crippen LogP contribution < -0.4 is 14.8 Å². The molecule has 0 bridgehead atoms. The van der Waals surface area contributed by atoms with Crippen LogP contribution in [0, 0.1) is 5.41 Å². The van der Waals surface area contributed by atoms with Crippen molar-refractivity contribution in [2.24, 2.45) is 5.73 Å². The third-order valence-electron chi connectivity index (χ3n) is 4.34. The van der Waals surface area contributed by atoms with E-state index in [1.807, 2.05) is 18.2 Å². The van der Waals surface area contributed by atoms with Gasteiger partial charge in [-0.15, -0.1) is 0 Å². The quantitative estimate of drug-likeness (QED) is 0.222. The molecule has 29 heavy (non-hydrogen) atoms. The molecule has 1 atom stereocenters. The molecule has 4 N–H and O–H groups in total. The molecule has 0 spiro atoms. The molecule has 0 saturated carbocycles. The highest BCUT2D eigenvalue weighted by molar-refractivity contribution is 7.80. The van der Waals surface area contributed by atoms with E-state index in [4.69, 9.17) is 21.0 Å². The monoisotopic (exact) mass is 418 g/mol. The molecule has 8 nitrogen and oxygen atoms in total. The van der Waals surface area contributed by atoms with Crippen molar-refractivity contribution in [1.29, 1.82) is 5.41 Å². The normalized spacial score (nSPS) is 11.7. The Morgan fingerprint density at radius 3 is 2.41 bits per heavy atom. The zero-order chi connectivity index (χ0) is 21.4. The number of amidine groups is 1. The Morgan fingerprint density at radius 1 is 1.17 bits per heavy atom. The molecule has 0 aliphatic rings. The summed E-state index contributed by atoms with van der Waals surface area (Å²) in [4.78, 5) is 10.5. The zero-order valence-corrected chi connectivity index (χ0v) is 16.9. The number of nitrogens with one attached hydrogen (secondary N) is 1. The molecule has 1 unspecified atom stereocenters. The lowest BCUT2D eigenvalue weighted by Crippen LogP contribution is -2.20. The number of hydrogen-bond acceptors (Lipinski definition) is 5. The van der Waals surface area contributed by atoms with Gasteiger partial charge in [0, 0.05) is 30.3 Å². The highest BCUT2D eigenvalue weighted by Crippen LogP contribution is 2.34. The number of rotatable bonds is 11. The third kappa shape index (κ3) is 6.58. The molecular formula is C20H24N3O5S-. The van der Waals surface area contributed by atoms with Crippen molar-refractivity contribution in [3.8, 4) is 16.9 Å². The van der Waals surface area contributed by atoms with E-state index in [1.54, 1.807) is 24.3 Å². The first-order chi connectivity index (χ1) is 13.8. The van der Waals surface area contributed by atoms with Crippen LogP contribution in [0.5, 0.6) is 5.75 Å². The molecule has 156 valence electrons. The van der Waals surface area contributed by atoms with Crippen molar-refractivity contribution in [1.82, 2.24) is 0 Å². The Labute approximate surface area is 172 Å². The second-order valence-electron chi connectivity index (χ2n) is 6.44. The largest absolute Gasteiger partial charge is 0.755 e. The van der Waals surface area contributed by atoms with E-state index in [9.17, 15) is 13.6 Å². The summed E-state index contributed by atoms with van der Waals surface area (Å²) in [5.74, 6) is -0.412. The number of nitrogens with two attached hydrogens (primary N) is 1. The Kier molecular flexibility index (Phi) is 8.17. The van der Waals surface area contributed by atoms with Crippen molar-refractivity contribution < 1.29 is 23.4 Å². The number of benzene rings is 2. The van der Waals surface area contributed by atoms with Gasteiger partial charge in [0.1, 0.15) is 11.6 Å². The molecule has 0 aliphatic carbocycles. The zero-order valence-electron chi connectivity index (χ0n) is 16.1. The first-order valence-electron chi connectivity index (χ1n) is 9.06. The molecule has 0 saturated heterocycles. The fourth-order valence-corrected chi connectivity index (χ4v) is 3.03. The second-order valence-corrected chi connectivity index (χ2v) is 7.42. The summed E-state index contributed by atoms with van der Waals surface area (Å²) in [6, 6.07) is 12.3. The fourth-order valence-electron chi connectivity index (χ4n) is 2.72. The number of carbonyl (C=O) groups is 1. The molecule has 2 rings (SSSR count). The van der Waals surface area contributed by atoms with Gasteiger partial charge < -0.3 is 24.4 Å². The van der Waals surface area contributed by atoms with Crippen LogP contribution >= 0.6 is 0 Å². The van der Waals surface area contributed by atoms with Crippen molar-refractivity contribution in [2.45, 2.75) is 25.7 Å². The SMILES string of the molecule is CN(c1cc(-c2ccc(C(=N)N)cc2)ccc1OCCCCCC(=O)O)S(=O)[O-]. The van der Waals surface area contributed by atoms with Gasteiger partial charge in [0.05, 0.1) is 12.3 Å². The van der Waals surface area contributed by atoms with Gasteiger partial charge in [0.2, 0.25) is 0 Å². The minimum Gasteiger partial charge on any atom is -0.755 e. The summed E-state index contributed by atoms with van der Waals surface area (Å²) in [5, 5.41) is 16.1. The van der Waals surface area contributed by atoms with E-state index in [0.717, 1.165) is 15.4 Å². The smallest absolute Gasteiger partial charge is 0.303 e. The second kappa shape index (κ2) is 10.6. The first kappa shape index (κ1) is 22.4. The molecule has 9 heteroatoms. The molecule has 0 heterocycles. The van der Waals surface area contributed by atoms with Crippen LogP contribution in [0.2, 0.25) is 0 Å². The van der Waals surface area contributed by atoms with Crippen LogP contribution in [0.15, 0.2) is 42.5 Å². The minimum absolute atomic E-state index is 0.0224. The molecule has 0 aliphatic heterocycles. The molecule has 0 aromatic heterocycles. The number of aliphatic carboxylic acids is 1. The van der Waals surface area contributed by atoms with Gasteiger partial charge in [-0.25, -0.2) is 0 Å². The predicted molar refractivity (Wildman–Crippen MR) is 112 cm³/mol. The van der Waals surface area contributed by atoms with Crippen LogP contribution in [0.3, 0.4) is 0 Å². The number of nitrogens with zero attached hydrogens (tertiary/aromatic N) is 1. The van der Waals surface area contributed by atoms with Crippen molar-refractivity contribution in [2.75, 3.05) is 18.0 Å². The summed E-state index contributed by atoms with van der Waals surface area (Å²) < 4.78 is 29.8. The van der Waals surface area contributed by atoms with E-state index in [1.165, 1.54) is 7.05 Å². The number of unbranched alkanes of at least 4 members (excludes halogenated alkanes) is 2. The number of ether oxygens (including phenoxy) is 1. The van der Waals surface area contributed by atoms with Gasteiger partial charge in [-0.1, -0.05) is 30.3 Å². The van der Waals surface area contributed by atoms with E-state index in [-0.39, 0.29) is 12.3 Å². The lowest BCUT2D eigenvalue weighted by molar-refractivity contribution is -0.137. The Bertz CT molecular complexity index is 886. The fraction of sp³-hybridized carbons (Fsp3) is 0.300. The Morgan fingerprint density at radius 2 is 1.83 bits per heavy atom. The van der Waals surface area contributed by atoms with Gasteiger partial charge in [-0.3, -0.25) is 14.4 Å². The van der Waals surface area contributed by atoms with Gasteiger partial charge in [0.25, 0.3) is 0 Å². The number of nitrogen functional groups attached to an aromatic ring is 1. The summed E-state index contributed by atoms with van der Waals surface area (Å²) in [5.41, 5.74) is 8.12. The molecule has 0 fully saturated rings. The maximum Gasteiger partial charge on any atom is 0.303 e. The van der Waals surface area contributed by atoms with E-state index < -0.39 is 17.2 Å². The first-order valence-corrected chi connectivity index (χ1v) is 10.1. The third-order valence-corrected chi connectivity index (χ3v) is 4.99.